The van der Waals surface area contributed by atoms with Gasteiger partial charge in [-0.15, -0.1) is 0 Å². The molecule has 11 aromatic carbocycles. The lowest BCUT2D eigenvalue weighted by molar-refractivity contribution is 0.668. The van der Waals surface area contributed by atoms with Gasteiger partial charge in [0.15, 0.2) is 0 Å². The van der Waals surface area contributed by atoms with Crippen LogP contribution in [-0.4, -0.2) is 0 Å². The molecule has 0 saturated carbocycles. The molecule has 0 fully saturated rings. The molecule has 0 amide bonds. The van der Waals surface area contributed by atoms with Gasteiger partial charge in [-0.1, -0.05) is 223 Å². The third-order valence-corrected chi connectivity index (χ3v) is 17.0. The average molecular weight is 942 g/mol. The monoisotopic (exact) mass is 940 g/mol. The van der Waals surface area contributed by atoms with Crippen LogP contribution in [0.5, 0.6) is 0 Å². The molecular formula is C68H38Cl2O. The molecule has 3 heteroatoms. The molecule has 2 unspecified atom stereocenters. The topological polar surface area (TPSA) is 13.1 Å². The van der Waals surface area contributed by atoms with Gasteiger partial charge < -0.3 is 4.42 Å². The summed E-state index contributed by atoms with van der Waals surface area (Å²) in [6.45, 7) is 0. The second-order valence-corrected chi connectivity index (χ2v) is 20.3. The van der Waals surface area contributed by atoms with E-state index in [0.717, 1.165) is 43.7 Å². The lowest BCUT2D eigenvalue weighted by Gasteiger charge is -2.32. The van der Waals surface area contributed by atoms with Crippen molar-refractivity contribution in [1.29, 1.82) is 0 Å². The zero-order chi connectivity index (χ0) is 46.7. The summed E-state index contributed by atoms with van der Waals surface area (Å²) in [5, 5.41) is 3.74. The molecule has 0 aliphatic heterocycles. The molecule has 0 bridgehead atoms. The maximum Gasteiger partial charge on any atom is 0.136 e. The van der Waals surface area contributed by atoms with E-state index in [1.54, 1.807) is 0 Å². The summed E-state index contributed by atoms with van der Waals surface area (Å²) in [5.41, 5.74) is 27.6. The summed E-state index contributed by atoms with van der Waals surface area (Å²) in [4.78, 5) is 0. The van der Waals surface area contributed by atoms with E-state index in [1.807, 2.05) is 18.2 Å². The second kappa shape index (κ2) is 14.2. The maximum absolute atomic E-state index is 7.18. The SMILES string of the molecule is Clc1cccc(-c2cccc3c2C2(c4ccccc4-c4c2ccc2oc5ccccc5c42)c2cccc(-c4cccc5c4-c4ccccc4C54c5ccccc5-c5cccc(-c6ccccc6Cl)c54)c2-3)c1. The van der Waals surface area contributed by atoms with Crippen molar-refractivity contribution in [3.05, 3.63) is 285 Å². The van der Waals surface area contributed by atoms with Gasteiger partial charge in [-0.25, -0.2) is 0 Å². The first kappa shape index (κ1) is 39.6. The second-order valence-electron chi connectivity index (χ2n) is 19.5. The highest BCUT2D eigenvalue weighted by Gasteiger charge is 2.56. The van der Waals surface area contributed by atoms with E-state index in [-0.39, 0.29) is 0 Å². The van der Waals surface area contributed by atoms with Crippen LogP contribution in [0.2, 0.25) is 10.0 Å². The fourth-order valence-electron chi connectivity index (χ4n) is 14.1. The lowest BCUT2D eigenvalue weighted by atomic mass is 9.68. The van der Waals surface area contributed by atoms with Gasteiger partial charge in [0.05, 0.1) is 10.8 Å². The number of para-hydroxylation sites is 1. The smallest absolute Gasteiger partial charge is 0.136 e. The minimum absolute atomic E-state index is 0.609. The maximum atomic E-state index is 7.18. The van der Waals surface area contributed by atoms with E-state index in [2.05, 4.69) is 212 Å². The highest BCUT2D eigenvalue weighted by molar-refractivity contribution is 6.33. The minimum Gasteiger partial charge on any atom is -0.456 e. The predicted octanol–water partition coefficient (Wildman–Crippen LogP) is 18.6. The average Bonchev–Trinajstić information content (AvgIpc) is 4.20. The number of halogens is 2. The molecule has 16 rings (SSSR count). The number of benzene rings is 11. The van der Waals surface area contributed by atoms with E-state index < -0.39 is 10.8 Å². The quantitative estimate of drug-likeness (QED) is 0.172. The third kappa shape index (κ3) is 4.83. The van der Waals surface area contributed by atoms with E-state index in [9.17, 15) is 0 Å². The van der Waals surface area contributed by atoms with Crippen molar-refractivity contribution in [3.8, 4) is 77.9 Å². The van der Waals surface area contributed by atoms with Crippen LogP contribution in [0.15, 0.2) is 235 Å². The van der Waals surface area contributed by atoms with Crippen molar-refractivity contribution in [1.82, 2.24) is 0 Å². The Kier molecular flexibility index (Phi) is 7.93. The van der Waals surface area contributed by atoms with Gasteiger partial charge in [0, 0.05) is 26.4 Å². The van der Waals surface area contributed by atoms with Crippen molar-refractivity contribution in [3.63, 3.8) is 0 Å². The van der Waals surface area contributed by atoms with Crippen LogP contribution in [0, 0.1) is 0 Å². The minimum atomic E-state index is -0.678. The molecule has 71 heavy (non-hydrogen) atoms. The number of rotatable bonds is 3. The van der Waals surface area contributed by atoms with Crippen LogP contribution in [0.25, 0.3) is 99.8 Å². The van der Waals surface area contributed by atoms with Crippen LogP contribution >= 0.6 is 23.2 Å². The molecule has 0 N–H and O–H groups in total. The van der Waals surface area contributed by atoms with E-state index >= 15 is 0 Å². The molecule has 2 atom stereocenters. The normalized spacial score (nSPS) is 17.0. The Bertz CT molecular complexity index is 4340. The zero-order valence-corrected chi connectivity index (χ0v) is 39.6. The van der Waals surface area contributed by atoms with E-state index in [4.69, 9.17) is 27.6 Å². The van der Waals surface area contributed by atoms with Gasteiger partial charge in [0.2, 0.25) is 0 Å². The van der Waals surface area contributed by atoms with Crippen LogP contribution in [0.3, 0.4) is 0 Å². The number of furan rings is 1. The Morgan fingerprint density at radius 1 is 0.296 bits per heavy atom. The predicted molar refractivity (Wildman–Crippen MR) is 293 cm³/mol. The summed E-state index contributed by atoms with van der Waals surface area (Å²) in [5.74, 6) is 0. The summed E-state index contributed by atoms with van der Waals surface area (Å²) < 4.78 is 6.64. The summed E-state index contributed by atoms with van der Waals surface area (Å²) in [6, 6.07) is 84.9. The number of hydrogen-bond donors (Lipinski definition) is 0. The molecule has 1 heterocycles. The first-order chi connectivity index (χ1) is 35.1. The fourth-order valence-corrected chi connectivity index (χ4v) is 14.5. The number of fused-ring (bicyclic) bond motifs is 24. The molecule has 0 radical (unpaired) electrons. The fraction of sp³-hybridized carbons (Fsp3) is 0.0294. The Morgan fingerprint density at radius 3 is 1.48 bits per heavy atom. The van der Waals surface area contributed by atoms with Crippen molar-refractivity contribution in [2.45, 2.75) is 10.8 Å². The van der Waals surface area contributed by atoms with Crippen LogP contribution in [-0.2, 0) is 10.8 Å². The lowest BCUT2D eigenvalue weighted by Crippen LogP contribution is -2.26. The van der Waals surface area contributed by atoms with E-state index in [1.165, 1.54) is 106 Å². The molecule has 2 spiro atoms. The summed E-state index contributed by atoms with van der Waals surface area (Å²) in [6.07, 6.45) is 0. The standard InChI is InChI=1S/C68H38Cl2O/c69-40-17-11-16-39(38-40)41-23-12-28-51-62-45(25-15-33-56(62)68(65(41)51)54-31-8-3-21-49(54)63-57(68)36-37-60-64(63)50-22-5-10-35-59(50)71-60)44-24-14-32-55-61(44)48-20-2-7-30-53(48)67(55)52-29-6-1-18-42(52)46-26-13-27-47(66(46)67)43-19-4-9-34-58(43)70/h1-38H. The third-order valence-electron chi connectivity index (χ3n) is 16.4. The highest BCUT2D eigenvalue weighted by Crippen LogP contribution is 2.69. The Hall–Kier alpha value is -8.20. The van der Waals surface area contributed by atoms with Gasteiger partial charge in [0.25, 0.3) is 0 Å². The Balaban J connectivity index is 1.04. The van der Waals surface area contributed by atoms with Gasteiger partial charge in [-0.3, -0.25) is 0 Å². The molecule has 0 saturated heterocycles. The molecule has 4 aliphatic rings. The highest BCUT2D eigenvalue weighted by atomic mass is 35.5. The van der Waals surface area contributed by atoms with Crippen LogP contribution in [0.4, 0.5) is 0 Å². The zero-order valence-electron chi connectivity index (χ0n) is 38.1. The molecular weight excluding hydrogens is 904 g/mol. The van der Waals surface area contributed by atoms with Gasteiger partial charge in [0.1, 0.15) is 11.2 Å². The van der Waals surface area contributed by atoms with Crippen LogP contribution < -0.4 is 0 Å². The first-order valence-corrected chi connectivity index (χ1v) is 25.1. The molecule has 1 aromatic heterocycles. The first-order valence-electron chi connectivity index (χ1n) is 24.4. The Labute approximate surface area is 420 Å². The van der Waals surface area contributed by atoms with Crippen molar-refractivity contribution < 1.29 is 4.42 Å². The van der Waals surface area contributed by atoms with Gasteiger partial charge in [-0.2, -0.15) is 0 Å². The van der Waals surface area contributed by atoms with Crippen molar-refractivity contribution in [2.75, 3.05) is 0 Å². The van der Waals surface area contributed by atoms with Crippen molar-refractivity contribution >= 4 is 45.1 Å². The van der Waals surface area contributed by atoms with Crippen LogP contribution in [0.1, 0.15) is 44.5 Å². The number of hydrogen-bond acceptors (Lipinski definition) is 1. The molecule has 330 valence electrons. The van der Waals surface area contributed by atoms with Gasteiger partial charge in [-0.05, 0) is 147 Å². The molecule has 4 aliphatic carbocycles. The van der Waals surface area contributed by atoms with Crippen molar-refractivity contribution in [2.24, 2.45) is 0 Å². The summed E-state index contributed by atoms with van der Waals surface area (Å²) >= 11 is 14.1. The van der Waals surface area contributed by atoms with E-state index in [0.29, 0.717) is 5.02 Å². The molecule has 12 aromatic rings. The molecule has 1 nitrogen and oxygen atoms in total. The summed E-state index contributed by atoms with van der Waals surface area (Å²) in [7, 11) is 0. The Morgan fingerprint density at radius 2 is 0.761 bits per heavy atom. The van der Waals surface area contributed by atoms with Gasteiger partial charge >= 0.3 is 0 Å². The largest absolute Gasteiger partial charge is 0.456 e.